The van der Waals surface area contributed by atoms with E-state index in [0.29, 0.717) is 15.6 Å². The highest BCUT2D eigenvalue weighted by Crippen LogP contribution is 2.22. The fourth-order valence-electron chi connectivity index (χ4n) is 2.19. The predicted octanol–water partition coefficient (Wildman–Crippen LogP) is 4.12. The number of hydrogen-bond donors (Lipinski definition) is 1. The largest absolute Gasteiger partial charge is 0.322 e. The van der Waals surface area contributed by atoms with Gasteiger partial charge in [0, 0.05) is 17.6 Å². The van der Waals surface area contributed by atoms with Crippen LogP contribution in [0.5, 0.6) is 0 Å². The Morgan fingerprint density at radius 1 is 1.32 bits per heavy atom. The minimum Gasteiger partial charge on any atom is -0.322 e. The summed E-state index contributed by atoms with van der Waals surface area (Å²) in [5, 5.41) is 5.71. The van der Waals surface area contributed by atoms with E-state index in [1.54, 1.807) is 18.2 Å². The summed E-state index contributed by atoms with van der Waals surface area (Å²) in [5.74, 6) is -0.0125. The molecule has 3 rings (SSSR count). The van der Waals surface area contributed by atoms with E-state index in [4.69, 9.17) is 23.2 Å². The Balaban J connectivity index is 1.57. The van der Waals surface area contributed by atoms with Crippen molar-refractivity contribution < 1.29 is 4.79 Å². The second-order valence-corrected chi connectivity index (χ2v) is 6.98. The van der Waals surface area contributed by atoms with Crippen LogP contribution < -0.4 is 5.43 Å². The fourth-order valence-corrected chi connectivity index (χ4v) is 3.43. The molecule has 128 valence electrons. The Labute approximate surface area is 159 Å². The fraction of sp³-hybridized carbons (Fsp3) is 0.118. The van der Waals surface area contributed by atoms with Crippen LogP contribution >= 0.6 is 35.0 Å². The highest BCUT2D eigenvalue weighted by Gasteiger charge is 2.09. The number of aromatic nitrogens is 2. The number of para-hydroxylation sites is 2. The summed E-state index contributed by atoms with van der Waals surface area (Å²) in [7, 11) is 1.93. The molecule has 1 N–H and O–H groups in total. The quantitative estimate of drug-likeness (QED) is 0.403. The van der Waals surface area contributed by atoms with Crippen LogP contribution in [0.25, 0.3) is 11.0 Å². The summed E-state index contributed by atoms with van der Waals surface area (Å²) in [6.07, 6.45) is 1.48. The SMILES string of the molecule is Cn1c(SCC(=O)N/N=C\c2ccc(Cl)cc2Cl)nc2ccccc21. The molecule has 0 aliphatic heterocycles. The highest BCUT2D eigenvalue weighted by atomic mass is 35.5. The Morgan fingerprint density at radius 2 is 2.12 bits per heavy atom. The van der Waals surface area contributed by atoms with Gasteiger partial charge < -0.3 is 4.57 Å². The van der Waals surface area contributed by atoms with Gasteiger partial charge in [0.1, 0.15) is 0 Å². The third kappa shape index (κ3) is 4.34. The van der Waals surface area contributed by atoms with Crippen molar-refractivity contribution in [2.24, 2.45) is 12.1 Å². The number of imidazole rings is 1. The maximum Gasteiger partial charge on any atom is 0.250 e. The first kappa shape index (κ1) is 17.8. The summed E-state index contributed by atoms with van der Waals surface area (Å²) in [6.45, 7) is 0. The van der Waals surface area contributed by atoms with Gasteiger partial charge in [-0.15, -0.1) is 0 Å². The highest BCUT2D eigenvalue weighted by molar-refractivity contribution is 7.99. The topological polar surface area (TPSA) is 59.3 Å². The standard InChI is InChI=1S/C17H14Cl2N4OS/c1-23-15-5-3-2-4-14(15)21-17(23)25-10-16(24)22-20-9-11-6-7-12(18)8-13(11)19/h2-9H,10H2,1H3,(H,22,24)/b20-9-. The van der Waals surface area contributed by atoms with Gasteiger partial charge in [-0.1, -0.05) is 53.2 Å². The molecule has 0 unspecified atom stereocenters. The number of benzene rings is 2. The van der Waals surface area contributed by atoms with E-state index >= 15 is 0 Å². The zero-order valence-electron chi connectivity index (χ0n) is 13.2. The average molecular weight is 393 g/mol. The lowest BCUT2D eigenvalue weighted by Gasteiger charge is -2.02. The van der Waals surface area contributed by atoms with Crippen molar-refractivity contribution in [1.82, 2.24) is 15.0 Å². The second kappa shape index (κ2) is 7.91. The van der Waals surface area contributed by atoms with E-state index < -0.39 is 0 Å². The summed E-state index contributed by atoms with van der Waals surface area (Å²) in [6, 6.07) is 12.9. The number of rotatable bonds is 5. The number of hydrazone groups is 1. The van der Waals surface area contributed by atoms with Gasteiger partial charge in [-0.2, -0.15) is 5.10 Å². The first-order valence-corrected chi connectivity index (χ1v) is 9.10. The van der Waals surface area contributed by atoms with Gasteiger partial charge in [0.2, 0.25) is 0 Å². The van der Waals surface area contributed by atoms with Crippen LogP contribution in [0, 0.1) is 0 Å². The Kier molecular flexibility index (Phi) is 5.63. The Bertz CT molecular complexity index is 955. The molecule has 1 aromatic heterocycles. The van der Waals surface area contributed by atoms with Crippen molar-refractivity contribution in [3.05, 3.63) is 58.1 Å². The predicted molar refractivity (Wildman–Crippen MR) is 104 cm³/mol. The lowest BCUT2D eigenvalue weighted by atomic mass is 10.2. The molecule has 2 aromatic carbocycles. The van der Waals surface area contributed by atoms with Crippen LogP contribution in [0.3, 0.4) is 0 Å². The van der Waals surface area contributed by atoms with Crippen LogP contribution in [0.4, 0.5) is 0 Å². The van der Waals surface area contributed by atoms with Crippen molar-refractivity contribution in [3.63, 3.8) is 0 Å². The molecule has 1 heterocycles. The van der Waals surface area contributed by atoms with Crippen LogP contribution in [0.2, 0.25) is 10.0 Å². The van der Waals surface area contributed by atoms with Crippen molar-refractivity contribution >= 4 is 58.1 Å². The van der Waals surface area contributed by atoms with Gasteiger partial charge in [-0.05, 0) is 24.3 Å². The number of nitrogens with one attached hydrogen (secondary N) is 1. The van der Waals surface area contributed by atoms with E-state index in [-0.39, 0.29) is 11.7 Å². The number of thioether (sulfide) groups is 1. The van der Waals surface area contributed by atoms with Gasteiger partial charge >= 0.3 is 0 Å². The number of aryl methyl sites for hydroxylation is 1. The van der Waals surface area contributed by atoms with E-state index in [1.807, 2.05) is 35.9 Å². The molecule has 5 nitrogen and oxygen atoms in total. The zero-order chi connectivity index (χ0) is 17.8. The molecule has 0 saturated carbocycles. The maximum atomic E-state index is 11.9. The molecule has 0 radical (unpaired) electrons. The molecule has 0 aliphatic rings. The molecule has 0 bridgehead atoms. The second-order valence-electron chi connectivity index (χ2n) is 5.19. The van der Waals surface area contributed by atoms with Crippen molar-refractivity contribution in [1.29, 1.82) is 0 Å². The molecule has 25 heavy (non-hydrogen) atoms. The molecule has 3 aromatic rings. The normalized spacial score (nSPS) is 11.3. The number of amides is 1. The van der Waals surface area contributed by atoms with Gasteiger partial charge in [-0.3, -0.25) is 4.79 Å². The summed E-state index contributed by atoms with van der Waals surface area (Å²) in [5.41, 5.74) is 5.09. The molecule has 0 spiro atoms. The molecular weight excluding hydrogens is 379 g/mol. The minimum absolute atomic E-state index is 0.211. The Hall–Kier alpha value is -2.02. The smallest absolute Gasteiger partial charge is 0.250 e. The average Bonchev–Trinajstić information content (AvgIpc) is 2.91. The number of carbonyl (C=O) groups is 1. The van der Waals surface area contributed by atoms with Crippen LogP contribution in [0.15, 0.2) is 52.7 Å². The maximum absolute atomic E-state index is 11.9. The third-order valence-electron chi connectivity index (χ3n) is 3.43. The van der Waals surface area contributed by atoms with Gasteiger partial charge in [-0.25, -0.2) is 10.4 Å². The van der Waals surface area contributed by atoms with E-state index in [2.05, 4.69) is 15.5 Å². The number of fused-ring (bicyclic) bond motifs is 1. The van der Waals surface area contributed by atoms with E-state index in [9.17, 15) is 4.79 Å². The van der Waals surface area contributed by atoms with Crippen LogP contribution in [0.1, 0.15) is 5.56 Å². The third-order valence-corrected chi connectivity index (χ3v) is 5.03. The molecule has 1 amide bonds. The molecule has 0 aliphatic carbocycles. The molecular formula is C17H14Cl2N4OS. The van der Waals surface area contributed by atoms with Gasteiger partial charge in [0.05, 0.1) is 28.0 Å². The van der Waals surface area contributed by atoms with Crippen molar-refractivity contribution in [3.8, 4) is 0 Å². The molecule has 8 heteroatoms. The monoisotopic (exact) mass is 392 g/mol. The summed E-state index contributed by atoms with van der Waals surface area (Å²) in [4.78, 5) is 16.4. The van der Waals surface area contributed by atoms with Crippen molar-refractivity contribution in [2.45, 2.75) is 5.16 Å². The van der Waals surface area contributed by atoms with E-state index in [0.717, 1.165) is 16.2 Å². The molecule has 0 atom stereocenters. The first-order chi connectivity index (χ1) is 12.0. The number of hydrogen-bond acceptors (Lipinski definition) is 4. The Morgan fingerprint density at radius 3 is 2.88 bits per heavy atom. The number of halogens is 2. The van der Waals surface area contributed by atoms with Gasteiger partial charge in [0.15, 0.2) is 5.16 Å². The lowest BCUT2D eigenvalue weighted by Crippen LogP contribution is -2.19. The van der Waals surface area contributed by atoms with Crippen LogP contribution in [-0.4, -0.2) is 27.4 Å². The number of carbonyl (C=O) groups excluding carboxylic acids is 1. The van der Waals surface area contributed by atoms with Crippen molar-refractivity contribution in [2.75, 3.05) is 5.75 Å². The van der Waals surface area contributed by atoms with E-state index in [1.165, 1.54) is 18.0 Å². The van der Waals surface area contributed by atoms with Crippen LogP contribution in [-0.2, 0) is 11.8 Å². The first-order valence-electron chi connectivity index (χ1n) is 7.36. The molecule has 0 fully saturated rings. The molecule has 0 saturated heterocycles. The summed E-state index contributed by atoms with van der Waals surface area (Å²) < 4.78 is 1.96. The van der Waals surface area contributed by atoms with Gasteiger partial charge in [0.25, 0.3) is 5.91 Å². The summed E-state index contributed by atoms with van der Waals surface area (Å²) >= 11 is 13.2. The zero-order valence-corrected chi connectivity index (χ0v) is 15.6. The number of nitrogens with zero attached hydrogens (tertiary/aromatic N) is 3. The lowest BCUT2D eigenvalue weighted by molar-refractivity contribution is -0.118. The minimum atomic E-state index is -0.224.